The summed E-state index contributed by atoms with van der Waals surface area (Å²) in [7, 11) is 0. The number of nitriles is 1. The summed E-state index contributed by atoms with van der Waals surface area (Å²) < 4.78 is 15.4. The Kier molecular flexibility index (Phi) is 3.14. The Bertz CT molecular complexity index is 1040. The average Bonchev–Trinajstić information content (AvgIpc) is 3.13. The van der Waals surface area contributed by atoms with E-state index in [1.807, 2.05) is 30.3 Å². The number of rotatable bonds is 2. The van der Waals surface area contributed by atoms with Crippen molar-refractivity contribution in [1.29, 1.82) is 5.26 Å². The Morgan fingerprint density at radius 2 is 1.78 bits per heavy atom. The lowest BCUT2D eigenvalue weighted by atomic mass is 10.1. The fourth-order valence-corrected chi connectivity index (χ4v) is 3.32. The van der Waals surface area contributed by atoms with Crippen LogP contribution in [0.5, 0.6) is 0 Å². The Labute approximate surface area is 135 Å². The molecule has 0 amide bonds. The van der Waals surface area contributed by atoms with Crippen LogP contribution in [-0.4, -0.2) is 14.6 Å². The lowest BCUT2D eigenvalue weighted by molar-refractivity contribution is 0.631. The van der Waals surface area contributed by atoms with Crippen molar-refractivity contribution in [2.75, 3.05) is 0 Å². The van der Waals surface area contributed by atoms with Crippen LogP contribution in [0, 0.1) is 17.1 Å². The van der Waals surface area contributed by atoms with Gasteiger partial charge in [-0.1, -0.05) is 53.8 Å². The number of imidazole rings is 1. The van der Waals surface area contributed by atoms with Crippen LogP contribution in [0.15, 0.2) is 54.6 Å². The molecule has 0 bridgehead atoms. The first-order valence-corrected chi connectivity index (χ1v) is 7.69. The Morgan fingerprint density at radius 1 is 1.04 bits per heavy atom. The Hall–Kier alpha value is -3.04. The number of nitrogens with zero attached hydrogens (tertiary/aromatic N) is 4. The van der Waals surface area contributed by atoms with Gasteiger partial charge in [0, 0.05) is 11.1 Å². The predicted octanol–water partition coefficient (Wildman–Crippen LogP) is 4.14. The van der Waals surface area contributed by atoms with E-state index in [2.05, 4.69) is 16.2 Å². The minimum Gasteiger partial charge on any atom is -0.216 e. The molecule has 2 heterocycles. The first kappa shape index (κ1) is 13.6. The summed E-state index contributed by atoms with van der Waals surface area (Å²) in [5.41, 5.74) is 2.21. The van der Waals surface area contributed by atoms with E-state index in [4.69, 9.17) is 0 Å². The second-order valence-electron chi connectivity index (χ2n) is 4.87. The summed E-state index contributed by atoms with van der Waals surface area (Å²) >= 11 is 1.26. The molecule has 0 N–H and O–H groups in total. The second-order valence-corrected chi connectivity index (χ2v) is 5.82. The van der Waals surface area contributed by atoms with E-state index >= 15 is 0 Å². The molecule has 110 valence electrons. The molecular weight excluding hydrogens is 311 g/mol. The van der Waals surface area contributed by atoms with Crippen LogP contribution in [0.25, 0.3) is 26.8 Å². The third-order valence-corrected chi connectivity index (χ3v) is 4.40. The zero-order valence-electron chi connectivity index (χ0n) is 11.8. The number of hydrogen-bond acceptors (Lipinski definition) is 4. The topological polar surface area (TPSA) is 54.0 Å². The van der Waals surface area contributed by atoms with Gasteiger partial charge < -0.3 is 0 Å². The summed E-state index contributed by atoms with van der Waals surface area (Å²) in [6.07, 6.45) is 0. The van der Waals surface area contributed by atoms with Gasteiger partial charge in [0.1, 0.15) is 17.6 Å². The predicted molar refractivity (Wildman–Crippen MR) is 86.4 cm³/mol. The summed E-state index contributed by atoms with van der Waals surface area (Å²) in [5, 5.41) is 14.4. The quantitative estimate of drug-likeness (QED) is 0.558. The van der Waals surface area contributed by atoms with E-state index in [1.54, 1.807) is 18.2 Å². The third kappa shape index (κ3) is 2.18. The van der Waals surface area contributed by atoms with Crippen LogP contribution in [0.2, 0.25) is 0 Å². The fraction of sp³-hybridized carbons (Fsp3) is 0. The van der Waals surface area contributed by atoms with Crippen molar-refractivity contribution in [3.63, 3.8) is 0 Å². The highest BCUT2D eigenvalue weighted by molar-refractivity contribution is 7.19. The van der Waals surface area contributed by atoms with E-state index in [9.17, 15) is 9.65 Å². The molecule has 0 saturated heterocycles. The van der Waals surface area contributed by atoms with E-state index < -0.39 is 0 Å². The normalized spacial score (nSPS) is 10.8. The third-order valence-electron chi connectivity index (χ3n) is 3.46. The highest BCUT2D eigenvalue weighted by Crippen LogP contribution is 2.31. The number of fused-ring (bicyclic) bond motifs is 1. The van der Waals surface area contributed by atoms with Gasteiger partial charge in [-0.05, 0) is 12.1 Å². The van der Waals surface area contributed by atoms with Gasteiger partial charge in [0.05, 0.1) is 0 Å². The lowest BCUT2D eigenvalue weighted by Crippen LogP contribution is -1.91. The number of aromatic nitrogens is 3. The van der Waals surface area contributed by atoms with Crippen LogP contribution in [0.4, 0.5) is 4.39 Å². The Balaban J connectivity index is 1.91. The molecule has 2 aromatic heterocycles. The molecule has 4 nitrogen and oxygen atoms in total. The molecule has 0 aliphatic rings. The molecule has 0 aliphatic heterocycles. The van der Waals surface area contributed by atoms with Crippen molar-refractivity contribution in [2.45, 2.75) is 0 Å². The van der Waals surface area contributed by atoms with E-state index in [0.29, 0.717) is 26.9 Å². The van der Waals surface area contributed by atoms with Gasteiger partial charge >= 0.3 is 0 Å². The van der Waals surface area contributed by atoms with Gasteiger partial charge in [0.15, 0.2) is 10.7 Å². The fourth-order valence-electron chi connectivity index (χ4n) is 2.39. The van der Waals surface area contributed by atoms with Crippen molar-refractivity contribution in [1.82, 2.24) is 14.6 Å². The van der Waals surface area contributed by atoms with E-state index in [0.717, 1.165) is 5.56 Å². The second kappa shape index (κ2) is 5.30. The maximum Gasteiger partial charge on any atom is 0.214 e. The monoisotopic (exact) mass is 320 g/mol. The maximum absolute atomic E-state index is 13.9. The van der Waals surface area contributed by atoms with Gasteiger partial charge in [-0.25, -0.2) is 9.37 Å². The molecular formula is C17H9FN4S. The maximum atomic E-state index is 13.9. The van der Waals surface area contributed by atoms with Crippen LogP contribution < -0.4 is 0 Å². The molecule has 4 rings (SSSR count). The van der Waals surface area contributed by atoms with Crippen LogP contribution >= 0.6 is 11.3 Å². The zero-order valence-corrected chi connectivity index (χ0v) is 12.6. The highest BCUT2D eigenvalue weighted by atomic mass is 32.1. The molecule has 0 aliphatic carbocycles. The summed E-state index contributed by atoms with van der Waals surface area (Å²) in [6.45, 7) is 0. The molecule has 0 fully saturated rings. The van der Waals surface area contributed by atoms with Crippen molar-refractivity contribution >= 4 is 16.3 Å². The first-order valence-electron chi connectivity index (χ1n) is 6.88. The minimum absolute atomic E-state index is 0.341. The van der Waals surface area contributed by atoms with Crippen LogP contribution in [0.3, 0.4) is 0 Å². The van der Waals surface area contributed by atoms with Gasteiger partial charge in [-0.2, -0.15) is 14.9 Å². The smallest absolute Gasteiger partial charge is 0.214 e. The Morgan fingerprint density at radius 3 is 2.52 bits per heavy atom. The zero-order chi connectivity index (χ0) is 15.8. The molecule has 23 heavy (non-hydrogen) atoms. The van der Waals surface area contributed by atoms with Crippen molar-refractivity contribution in [3.8, 4) is 27.9 Å². The van der Waals surface area contributed by atoms with E-state index in [-0.39, 0.29) is 5.82 Å². The van der Waals surface area contributed by atoms with Gasteiger partial charge in [-0.15, -0.1) is 0 Å². The number of benzene rings is 2. The lowest BCUT2D eigenvalue weighted by Gasteiger charge is -1.98. The van der Waals surface area contributed by atoms with E-state index in [1.165, 1.54) is 21.9 Å². The molecule has 0 atom stereocenters. The molecule has 0 spiro atoms. The van der Waals surface area contributed by atoms with Crippen molar-refractivity contribution in [2.24, 2.45) is 0 Å². The largest absolute Gasteiger partial charge is 0.216 e. The van der Waals surface area contributed by atoms with Gasteiger partial charge in [0.2, 0.25) is 4.96 Å². The molecule has 0 radical (unpaired) electrons. The van der Waals surface area contributed by atoms with Crippen molar-refractivity contribution in [3.05, 3.63) is 66.1 Å². The highest BCUT2D eigenvalue weighted by Gasteiger charge is 2.19. The number of hydrogen-bond donors (Lipinski definition) is 0. The standard InChI is InChI=1S/C17H9FN4S/c18-13-9-5-4-8-12(13)16-21-22-14(10-19)15(20-17(22)23-16)11-6-2-1-3-7-11/h1-9H. The summed E-state index contributed by atoms with van der Waals surface area (Å²) in [4.78, 5) is 5.07. The van der Waals surface area contributed by atoms with Crippen molar-refractivity contribution < 1.29 is 4.39 Å². The summed E-state index contributed by atoms with van der Waals surface area (Å²) in [5.74, 6) is -0.341. The van der Waals surface area contributed by atoms with Crippen LogP contribution in [-0.2, 0) is 0 Å². The molecule has 6 heteroatoms. The summed E-state index contributed by atoms with van der Waals surface area (Å²) in [6, 6.07) is 18.1. The average molecular weight is 320 g/mol. The minimum atomic E-state index is -0.341. The van der Waals surface area contributed by atoms with Gasteiger partial charge in [0.25, 0.3) is 0 Å². The number of halogens is 1. The molecule has 0 saturated carbocycles. The van der Waals surface area contributed by atoms with Gasteiger partial charge in [-0.3, -0.25) is 0 Å². The molecule has 0 unspecified atom stereocenters. The first-order chi connectivity index (χ1) is 11.3. The molecule has 4 aromatic rings. The molecule has 2 aromatic carbocycles. The van der Waals surface area contributed by atoms with Crippen LogP contribution in [0.1, 0.15) is 5.69 Å². The SMILES string of the molecule is N#Cc1c(-c2ccccc2)nc2sc(-c3ccccc3F)nn12.